The standard InChI is InChI=1S/C17H19N3O3S/c1-3-14-19-11-5-4-6-13(15(11)24-14)20(2)16(21)12-9-10(17(22)23)7-8-18-12/h7-9,13H,3-6H2,1-2H3,(H,22,23). The Morgan fingerprint density at radius 2 is 2.25 bits per heavy atom. The number of thiazole rings is 1. The first-order valence-electron chi connectivity index (χ1n) is 7.96. The first-order valence-corrected chi connectivity index (χ1v) is 8.78. The Balaban J connectivity index is 1.88. The summed E-state index contributed by atoms with van der Waals surface area (Å²) in [6, 6.07) is 2.69. The number of pyridine rings is 1. The molecule has 2 aromatic heterocycles. The van der Waals surface area contributed by atoms with Crippen molar-refractivity contribution in [2.75, 3.05) is 7.05 Å². The maximum absolute atomic E-state index is 12.8. The summed E-state index contributed by atoms with van der Waals surface area (Å²) in [5.41, 5.74) is 1.32. The molecule has 0 saturated heterocycles. The van der Waals surface area contributed by atoms with Gasteiger partial charge < -0.3 is 10.0 Å². The van der Waals surface area contributed by atoms with Crippen molar-refractivity contribution in [1.82, 2.24) is 14.9 Å². The predicted molar refractivity (Wildman–Crippen MR) is 90.5 cm³/mol. The molecule has 0 bridgehead atoms. The van der Waals surface area contributed by atoms with E-state index in [9.17, 15) is 9.59 Å². The molecule has 1 unspecified atom stereocenters. The van der Waals surface area contributed by atoms with Crippen LogP contribution in [0.3, 0.4) is 0 Å². The van der Waals surface area contributed by atoms with E-state index < -0.39 is 5.97 Å². The number of aryl methyl sites for hydroxylation is 2. The molecule has 1 N–H and O–H groups in total. The lowest BCUT2D eigenvalue weighted by Crippen LogP contribution is -2.33. The molecule has 3 rings (SSSR count). The van der Waals surface area contributed by atoms with Crippen LogP contribution in [-0.2, 0) is 12.8 Å². The van der Waals surface area contributed by atoms with Crippen LogP contribution in [0, 0.1) is 0 Å². The van der Waals surface area contributed by atoms with Gasteiger partial charge in [0.05, 0.1) is 27.2 Å². The molecule has 24 heavy (non-hydrogen) atoms. The van der Waals surface area contributed by atoms with Crippen molar-refractivity contribution in [3.05, 3.63) is 45.2 Å². The highest BCUT2D eigenvalue weighted by molar-refractivity contribution is 7.11. The van der Waals surface area contributed by atoms with Crippen LogP contribution in [0.15, 0.2) is 18.3 Å². The minimum Gasteiger partial charge on any atom is -0.478 e. The topological polar surface area (TPSA) is 83.4 Å². The van der Waals surface area contributed by atoms with Crippen LogP contribution in [0.25, 0.3) is 0 Å². The maximum atomic E-state index is 12.8. The van der Waals surface area contributed by atoms with E-state index in [0.717, 1.165) is 41.3 Å². The summed E-state index contributed by atoms with van der Waals surface area (Å²) in [5.74, 6) is -1.33. The number of hydrogen-bond acceptors (Lipinski definition) is 5. The van der Waals surface area contributed by atoms with E-state index in [1.54, 1.807) is 23.3 Å². The Labute approximate surface area is 144 Å². The highest BCUT2D eigenvalue weighted by Crippen LogP contribution is 2.38. The van der Waals surface area contributed by atoms with Gasteiger partial charge in [-0.05, 0) is 37.8 Å². The number of aromatic nitrogens is 2. The van der Waals surface area contributed by atoms with E-state index in [2.05, 4.69) is 16.9 Å². The van der Waals surface area contributed by atoms with E-state index in [1.807, 2.05) is 0 Å². The third-order valence-corrected chi connectivity index (χ3v) is 5.63. The molecule has 0 radical (unpaired) electrons. The Kier molecular flexibility index (Phi) is 4.62. The fourth-order valence-corrected chi connectivity index (χ4v) is 4.20. The van der Waals surface area contributed by atoms with Gasteiger partial charge in [-0.3, -0.25) is 9.78 Å². The number of fused-ring (bicyclic) bond motifs is 1. The van der Waals surface area contributed by atoms with Crippen molar-refractivity contribution in [3.63, 3.8) is 0 Å². The van der Waals surface area contributed by atoms with Crippen LogP contribution >= 0.6 is 11.3 Å². The van der Waals surface area contributed by atoms with Gasteiger partial charge in [0.25, 0.3) is 5.91 Å². The second-order valence-electron chi connectivity index (χ2n) is 5.83. The number of carboxylic acid groups (broad SMARTS) is 1. The van der Waals surface area contributed by atoms with E-state index in [0.29, 0.717) is 0 Å². The first-order chi connectivity index (χ1) is 11.5. The summed E-state index contributed by atoms with van der Waals surface area (Å²) in [4.78, 5) is 35.4. The molecule has 0 spiro atoms. The summed E-state index contributed by atoms with van der Waals surface area (Å²) in [7, 11) is 1.75. The van der Waals surface area contributed by atoms with Gasteiger partial charge in [-0.2, -0.15) is 0 Å². The fraction of sp³-hybridized carbons (Fsp3) is 0.412. The number of amides is 1. The monoisotopic (exact) mass is 345 g/mol. The zero-order valence-electron chi connectivity index (χ0n) is 13.7. The highest BCUT2D eigenvalue weighted by Gasteiger charge is 2.30. The minimum atomic E-state index is -1.07. The maximum Gasteiger partial charge on any atom is 0.335 e. The molecule has 0 fully saturated rings. The molecule has 0 saturated carbocycles. The number of aromatic carboxylic acids is 1. The van der Waals surface area contributed by atoms with Gasteiger partial charge >= 0.3 is 5.97 Å². The summed E-state index contributed by atoms with van der Waals surface area (Å²) >= 11 is 1.67. The molecule has 126 valence electrons. The van der Waals surface area contributed by atoms with Crippen molar-refractivity contribution in [3.8, 4) is 0 Å². The van der Waals surface area contributed by atoms with Gasteiger partial charge in [-0.1, -0.05) is 6.92 Å². The van der Waals surface area contributed by atoms with Crippen molar-refractivity contribution in [2.24, 2.45) is 0 Å². The molecule has 1 aliphatic carbocycles. The number of hydrogen-bond donors (Lipinski definition) is 1. The number of rotatable bonds is 4. The largest absolute Gasteiger partial charge is 0.478 e. The second-order valence-corrected chi connectivity index (χ2v) is 6.95. The van der Waals surface area contributed by atoms with Gasteiger partial charge in [0.15, 0.2) is 0 Å². The molecular weight excluding hydrogens is 326 g/mol. The zero-order valence-corrected chi connectivity index (χ0v) is 14.5. The predicted octanol–water partition coefficient (Wildman–Crippen LogP) is 2.95. The zero-order chi connectivity index (χ0) is 17.3. The fourth-order valence-electron chi connectivity index (χ4n) is 2.97. The number of carbonyl (C=O) groups excluding carboxylic acids is 1. The van der Waals surface area contributed by atoms with Gasteiger partial charge in [-0.25, -0.2) is 9.78 Å². The van der Waals surface area contributed by atoms with Gasteiger partial charge in [0.2, 0.25) is 0 Å². The van der Waals surface area contributed by atoms with E-state index in [-0.39, 0.29) is 23.2 Å². The van der Waals surface area contributed by atoms with Crippen LogP contribution in [0.5, 0.6) is 0 Å². The Hall–Kier alpha value is -2.28. The lowest BCUT2D eigenvalue weighted by molar-refractivity contribution is 0.0696. The highest BCUT2D eigenvalue weighted by atomic mass is 32.1. The normalized spacial score (nSPS) is 16.5. The SMILES string of the molecule is CCc1nc2c(s1)C(N(C)C(=O)c1cc(C(=O)O)ccn1)CCC2. The average molecular weight is 345 g/mol. The second kappa shape index (κ2) is 6.68. The van der Waals surface area contributed by atoms with Gasteiger partial charge in [0.1, 0.15) is 5.69 Å². The van der Waals surface area contributed by atoms with E-state index >= 15 is 0 Å². The Morgan fingerprint density at radius 3 is 2.96 bits per heavy atom. The molecule has 1 atom stereocenters. The molecule has 2 heterocycles. The van der Waals surface area contributed by atoms with Crippen LogP contribution in [0.4, 0.5) is 0 Å². The average Bonchev–Trinajstić information content (AvgIpc) is 3.03. The summed E-state index contributed by atoms with van der Waals surface area (Å²) in [6.07, 6.45) is 5.09. The van der Waals surface area contributed by atoms with Crippen LogP contribution in [0.1, 0.15) is 62.2 Å². The Morgan fingerprint density at radius 1 is 1.46 bits per heavy atom. The van der Waals surface area contributed by atoms with Crippen molar-refractivity contribution < 1.29 is 14.7 Å². The number of carbonyl (C=O) groups is 2. The van der Waals surface area contributed by atoms with Gasteiger partial charge in [-0.15, -0.1) is 11.3 Å². The molecule has 2 aromatic rings. The third kappa shape index (κ3) is 3.03. The van der Waals surface area contributed by atoms with Crippen molar-refractivity contribution >= 4 is 23.2 Å². The summed E-state index contributed by atoms with van der Waals surface area (Å²) in [5, 5.41) is 10.2. The van der Waals surface area contributed by atoms with Crippen LogP contribution < -0.4 is 0 Å². The number of carboxylic acids is 1. The minimum absolute atomic E-state index is 0.0191. The Bertz CT molecular complexity index is 787. The molecule has 0 aromatic carbocycles. The molecule has 1 aliphatic rings. The smallest absolute Gasteiger partial charge is 0.335 e. The van der Waals surface area contributed by atoms with Crippen LogP contribution in [-0.4, -0.2) is 38.9 Å². The third-order valence-electron chi connectivity index (χ3n) is 4.28. The number of nitrogens with zero attached hydrogens (tertiary/aromatic N) is 3. The lowest BCUT2D eigenvalue weighted by Gasteiger charge is -2.30. The summed E-state index contributed by atoms with van der Waals surface area (Å²) in [6.45, 7) is 2.08. The summed E-state index contributed by atoms with van der Waals surface area (Å²) < 4.78 is 0. The molecule has 1 amide bonds. The van der Waals surface area contributed by atoms with Gasteiger partial charge in [0, 0.05) is 13.2 Å². The van der Waals surface area contributed by atoms with Crippen LogP contribution in [0.2, 0.25) is 0 Å². The lowest BCUT2D eigenvalue weighted by atomic mass is 9.96. The molecule has 7 heteroatoms. The molecule has 6 nitrogen and oxygen atoms in total. The molecule has 0 aliphatic heterocycles. The van der Waals surface area contributed by atoms with E-state index in [4.69, 9.17) is 5.11 Å². The van der Waals surface area contributed by atoms with Crippen molar-refractivity contribution in [2.45, 2.75) is 38.6 Å². The quantitative estimate of drug-likeness (QED) is 0.921. The first kappa shape index (κ1) is 16.6. The van der Waals surface area contributed by atoms with Crippen molar-refractivity contribution in [1.29, 1.82) is 0 Å². The molecular formula is C17H19N3O3S. The van der Waals surface area contributed by atoms with E-state index in [1.165, 1.54) is 18.3 Å².